The van der Waals surface area contributed by atoms with Gasteiger partial charge >= 0.3 is 0 Å². The van der Waals surface area contributed by atoms with Crippen molar-refractivity contribution in [1.29, 1.82) is 0 Å². The molecule has 0 radical (unpaired) electrons. The van der Waals surface area contributed by atoms with Crippen molar-refractivity contribution in [3.8, 4) is 5.75 Å². The summed E-state index contributed by atoms with van der Waals surface area (Å²) in [7, 11) is 1.39. The lowest BCUT2D eigenvalue weighted by atomic mass is 10.1. The van der Waals surface area contributed by atoms with Crippen LogP contribution in [0.2, 0.25) is 0 Å². The Hall–Kier alpha value is -2.55. The van der Waals surface area contributed by atoms with Gasteiger partial charge in [-0.3, -0.25) is 24.2 Å². The van der Waals surface area contributed by atoms with Gasteiger partial charge in [0.15, 0.2) is 5.75 Å². The molecular weight excluding hydrogens is 344 g/mol. The third-order valence-electron chi connectivity index (χ3n) is 2.77. The molecule has 0 aliphatic rings. The van der Waals surface area contributed by atoms with Crippen molar-refractivity contribution < 1.29 is 9.90 Å². The fourth-order valence-corrected chi connectivity index (χ4v) is 2.25. The van der Waals surface area contributed by atoms with Gasteiger partial charge in [-0.1, -0.05) is 6.07 Å². The second kappa shape index (κ2) is 5.44. The smallest absolute Gasteiger partial charge is 0.287 e. The molecule has 0 aliphatic carbocycles. The number of hydrogen-bond acceptors (Lipinski definition) is 5. The van der Waals surface area contributed by atoms with E-state index in [0.717, 1.165) is 4.68 Å². The number of aryl methyl sites for hydroxylation is 1. The van der Waals surface area contributed by atoms with Gasteiger partial charge in [0.2, 0.25) is 0 Å². The monoisotopic (exact) mass is 354 g/mol. The zero-order chi connectivity index (χ0) is 15.7. The second-order valence-electron chi connectivity index (χ2n) is 4.19. The standard InChI is InChI=1S/C12H11BrN4O4/c1-17-12(21)7(13)8(11(20)16-17)15-6-4-2-3-5(9(6)18)10(14)19/h2-4,15,18H,1H3,(H2,14,19)(H,16,20). The Morgan fingerprint density at radius 2 is 2.10 bits per heavy atom. The van der Waals surface area contributed by atoms with E-state index in [1.54, 1.807) is 0 Å². The third kappa shape index (κ3) is 2.68. The van der Waals surface area contributed by atoms with E-state index in [1.807, 2.05) is 0 Å². The van der Waals surface area contributed by atoms with E-state index in [9.17, 15) is 19.5 Å². The molecule has 1 aromatic carbocycles. The first-order chi connectivity index (χ1) is 9.82. The summed E-state index contributed by atoms with van der Waals surface area (Å²) in [5.41, 5.74) is 3.96. The molecule has 0 fully saturated rings. The number of primary amides is 1. The lowest BCUT2D eigenvalue weighted by Gasteiger charge is -2.11. The summed E-state index contributed by atoms with van der Waals surface area (Å²) in [5, 5.41) is 14.9. The number of rotatable bonds is 3. The van der Waals surface area contributed by atoms with Crippen molar-refractivity contribution in [1.82, 2.24) is 9.78 Å². The summed E-state index contributed by atoms with van der Waals surface area (Å²) in [5.74, 6) is -1.22. The van der Waals surface area contributed by atoms with E-state index < -0.39 is 22.8 Å². The maximum absolute atomic E-state index is 11.9. The Balaban J connectivity index is 2.57. The number of benzene rings is 1. The van der Waals surface area contributed by atoms with E-state index in [0.29, 0.717) is 0 Å². The van der Waals surface area contributed by atoms with Crippen molar-refractivity contribution >= 4 is 33.2 Å². The molecule has 0 atom stereocenters. The number of aromatic hydroxyl groups is 1. The molecule has 1 aromatic heterocycles. The predicted molar refractivity (Wildman–Crippen MR) is 79.9 cm³/mol. The van der Waals surface area contributed by atoms with Crippen molar-refractivity contribution in [3.63, 3.8) is 0 Å². The van der Waals surface area contributed by atoms with Gasteiger partial charge in [-0.25, -0.2) is 0 Å². The van der Waals surface area contributed by atoms with Gasteiger partial charge in [-0.2, -0.15) is 0 Å². The minimum atomic E-state index is -0.812. The maximum Gasteiger partial charge on any atom is 0.287 e. The summed E-state index contributed by atoms with van der Waals surface area (Å²) in [6, 6.07) is 4.25. The molecule has 2 rings (SSSR count). The van der Waals surface area contributed by atoms with Gasteiger partial charge in [0.1, 0.15) is 10.2 Å². The van der Waals surface area contributed by atoms with Crippen LogP contribution in [0.1, 0.15) is 10.4 Å². The van der Waals surface area contributed by atoms with E-state index in [2.05, 4.69) is 26.3 Å². The molecule has 21 heavy (non-hydrogen) atoms. The average molecular weight is 355 g/mol. The summed E-state index contributed by atoms with van der Waals surface area (Å²) in [4.78, 5) is 34.8. The molecule has 2 aromatic rings. The largest absolute Gasteiger partial charge is 0.505 e. The van der Waals surface area contributed by atoms with E-state index in [1.165, 1.54) is 25.2 Å². The number of phenols is 1. The fourth-order valence-electron chi connectivity index (χ4n) is 1.70. The van der Waals surface area contributed by atoms with Gasteiger partial charge in [0.05, 0.1) is 11.3 Å². The molecule has 110 valence electrons. The number of anilines is 2. The first-order valence-electron chi connectivity index (χ1n) is 5.70. The quantitative estimate of drug-likeness (QED) is 0.592. The summed E-state index contributed by atoms with van der Waals surface area (Å²) in [6.45, 7) is 0. The lowest BCUT2D eigenvalue weighted by molar-refractivity contribution is 0.0998. The number of nitrogens with one attached hydrogen (secondary N) is 2. The highest BCUT2D eigenvalue weighted by atomic mass is 79.9. The van der Waals surface area contributed by atoms with Crippen LogP contribution in [0, 0.1) is 0 Å². The molecule has 1 amide bonds. The molecular formula is C12H11BrN4O4. The number of carbonyl (C=O) groups excluding carboxylic acids is 1. The number of aromatic nitrogens is 2. The zero-order valence-electron chi connectivity index (χ0n) is 10.8. The number of nitrogens with two attached hydrogens (primary N) is 1. The topological polar surface area (TPSA) is 130 Å². The number of carbonyl (C=O) groups is 1. The average Bonchev–Trinajstić information content (AvgIpc) is 2.42. The molecule has 9 heteroatoms. The van der Waals surface area contributed by atoms with Crippen LogP contribution in [0.4, 0.5) is 11.4 Å². The summed E-state index contributed by atoms with van der Waals surface area (Å²) < 4.78 is 1.01. The summed E-state index contributed by atoms with van der Waals surface area (Å²) >= 11 is 3.02. The Kier molecular flexibility index (Phi) is 3.85. The molecule has 0 bridgehead atoms. The number of aromatic amines is 1. The number of para-hydroxylation sites is 1. The van der Waals surface area contributed by atoms with Crippen LogP contribution in [-0.2, 0) is 7.05 Å². The van der Waals surface area contributed by atoms with E-state index in [4.69, 9.17) is 5.73 Å². The van der Waals surface area contributed by atoms with Crippen molar-refractivity contribution in [3.05, 3.63) is 48.9 Å². The first kappa shape index (κ1) is 14.9. The van der Waals surface area contributed by atoms with Gasteiger partial charge in [-0.15, -0.1) is 0 Å². The van der Waals surface area contributed by atoms with Gasteiger partial charge < -0.3 is 16.2 Å². The van der Waals surface area contributed by atoms with Crippen LogP contribution in [0.5, 0.6) is 5.75 Å². The van der Waals surface area contributed by atoms with Crippen LogP contribution in [0.3, 0.4) is 0 Å². The highest BCUT2D eigenvalue weighted by Crippen LogP contribution is 2.30. The SMILES string of the molecule is Cn1[nH]c(=O)c(Nc2cccc(C(N)=O)c2O)c(Br)c1=O. The Labute approximate surface area is 126 Å². The molecule has 0 spiro atoms. The Morgan fingerprint density at radius 3 is 2.71 bits per heavy atom. The molecule has 0 aliphatic heterocycles. The molecule has 8 nitrogen and oxygen atoms in total. The van der Waals surface area contributed by atoms with Crippen LogP contribution in [-0.4, -0.2) is 20.8 Å². The Bertz CT molecular complexity index is 840. The molecule has 5 N–H and O–H groups in total. The van der Waals surface area contributed by atoms with Crippen molar-refractivity contribution in [2.45, 2.75) is 0 Å². The van der Waals surface area contributed by atoms with Crippen LogP contribution in [0.15, 0.2) is 32.3 Å². The number of amides is 1. The summed E-state index contributed by atoms with van der Waals surface area (Å²) in [6.07, 6.45) is 0. The van der Waals surface area contributed by atoms with E-state index >= 15 is 0 Å². The third-order valence-corrected chi connectivity index (χ3v) is 3.51. The van der Waals surface area contributed by atoms with Crippen LogP contribution >= 0.6 is 15.9 Å². The normalized spacial score (nSPS) is 10.4. The highest BCUT2D eigenvalue weighted by molar-refractivity contribution is 9.10. The van der Waals surface area contributed by atoms with E-state index in [-0.39, 0.29) is 21.4 Å². The second-order valence-corrected chi connectivity index (χ2v) is 4.98. The predicted octanol–water partition coefficient (Wildman–Crippen LogP) is 0.384. The Morgan fingerprint density at radius 1 is 1.43 bits per heavy atom. The molecule has 0 saturated heterocycles. The first-order valence-corrected chi connectivity index (χ1v) is 6.50. The van der Waals surface area contributed by atoms with Crippen molar-refractivity contribution in [2.75, 3.05) is 5.32 Å². The minimum absolute atomic E-state index is 0.00220. The number of H-pyrrole nitrogens is 1. The van der Waals surface area contributed by atoms with Gasteiger partial charge in [0.25, 0.3) is 17.0 Å². The van der Waals surface area contributed by atoms with Gasteiger partial charge in [-0.05, 0) is 28.1 Å². The maximum atomic E-state index is 11.9. The zero-order valence-corrected chi connectivity index (χ0v) is 12.4. The highest BCUT2D eigenvalue weighted by Gasteiger charge is 2.16. The number of hydrogen-bond donors (Lipinski definition) is 4. The molecule has 1 heterocycles. The number of nitrogens with zero attached hydrogens (tertiary/aromatic N) is 1. The van der Waals surface area contributed by atoms with Gasteiger partial charge in [0, 0.05) is 7.05 Å². The van der Waals surface area contributed by atoms with Crippen LogP contribution < -0.4 is 22.2 Å². The van der Waals surface area contributed by atoms with Crippen LogP contribution in [0.25, 0.3) is 0 Å². The van der Waals surface area contributed by atoms with Crippen molar-refractivity contribution in [2.24, 2.45) is 12.8 Å². The molecule has 0 saturated carbocycles. The molecule has 0 unspecified atom stereocenters. The lowest BCUT2D eigenvalue weighted by Crippen LogP contribution is -2.29. The number of halogens is 1. The minimum Gasteiger partial charge on any atom is -0.505 e. The fraction of sp³-hybridized carbons (Fsp3) is 0.0833.